The van der Waals surface area contributed by atoms with E-state index in [-0.39, 0.29) is 5.91 Å². The summed E-state index contributed by atoms with van der Waals surface area (Å²) in [6.07, 6.45) is 6.70. The minimum atomic E-state index is -0.218. The third kappa shape index (κ3) is 3.52. The maximum absolute atomic E-state index is 12.0. The summed E-state index contributed by atoms with van der Waals surface area (Å²) in [4.78, 5) is 16.0. The molecule has 0 saturated carbocycles. The smallest absolute Gasteiger partial charge is 0.249 e. The summed E-state index contributed by atoms with van der Waals surface area (Å²) in [5, 5.41) is 9.92. The highest BCUT2D eigenvalue weighted by Crippen LogP contribution is 2.25. The van der Waals surface area contributed by atoms with Crippen LogP contribution in [0.4, 0.5) is 5.82 Å². The molecular weight excluding hydrogens is 288 g/mol. The molecule has 114 valence electrons. The van der Waals surface area contributed by atoms with Gasteiger partial charge in [-0.1, -0.05) is 30.3 Å². The maximum atomic E-state index is 12.0. The molecule has 5 nitrogen and oxygen atoms in total. The number of aromatic nitrogens is 3. The lowest BCUT2D eigenvalue weighted by molar-refractivity contribution is -0.111. The Morgan fingerprint density at radius 3 is 2.61 bits per heavy atom. The number of nitrogens with one attached hydrogen (secondary N) is 2. The average molecular weight is 304 g/mol. The van der Waals surface area contributed by atoms with Crippen molar-refractivity contribution in [2.24, 2.45) is 0 Å². The van der Waals surface area contributed by atoms with Gasteiger partial charge in [-0.2, -0.15) is 5.10 Å². The van der Waals surface area contributed by atoms with Crippen molar-refractivity contribution in [3.05, 3.63) is 72.1 Å². The molecular formula is C18H16N4O. The van der Waals surface area contributed by atoms with Gasteiger partial charge in [0.05, 0.1) is 5.69 Å². The largest absolute Gasteiger partial charge is 0.305 e. The van der Waals surface area contributed by atoms with Crippen molar-refractivity contribution in [1.29, 1.82) is 0 Å². The van der Waals surface area contributed by atoms with Gasteiger partial charge in [-0.15, -0.1) is 0 Å². The molecule has 23 heavy (non-hydrogen) atoms. The van der Waals surface area contributed by atoms with Gasteiger partial charge in [0.2, 0.25) is 5.91 Å². The van der Waals surface area contributed by atoms with Crippen LogP contribution in [0.2, 0.25) is 0 Å². The topological polar surface area (TPSA) is 70.7 Å². The molecule has 1 aromatic carbocycles. The zero-order chi connectivity index (χ0) is 16.1. The Kier molecular flexibility index (Phi) is 4.29. The van der Waals surface area contributed by atoms with Crippen molar-refractivity contribution < 1.29 is 4.79 Å². The normalized spacial score (nSPS) is 10.8. The van der Waals surface area contributed by atoms with E-state index in [1.165, 1.54) is 6.08 Å². The molecule has 0 aliphatic heterocycles. The lowest BCUT2D eigenvalue weighted by atomic mass is 10.1. The van der Waals surface area contributed by atoms with Crippen LogP contribution in [0.1, 0.15) is 11.1 Å². The minimum Gasteiger partial charge on any atom is -0.305 e. The number of nitrogens with zero attached hydrogens (tertiary/aromatic N) is 2. The predicted octanol–water partition coefficient (Wildman–Crippen LogP) is 3.43. The van der Waals surface area contributed by atoms with Gasteiger partial charge in [0, 0.05) is 29.6 Å². The second-order valence-corrected chi connectivity index (χ2v) is 5.04. The van der Waals surface area contributed by atoms with Gasteiger partial charge in [-0.05, 0) is 30.7 Å². The molecule has 0 saturated heterocycles. The van der Waals surface area contributed by atoms with E-state index in [1.807, 2.05) is 49.4 Å². The summed E-state index contributed by atoms with van der Waals surface area (Å²) in [7, 11) is 0. The van der Waals surface area contributed by atoms with Crippen LogP contribution in [-0.4, -0.2) is 21.1 Å². The van der Waals surface area contributed by atoms with E-state index >= 15 is 0 Å². The molecule has 0 aliphatic rings. The Balaban J connectivity index is 1.73. The second-order valence-electron chi connectivity index (χ2n) is 5.04. The van der Waals surface area contributed by atoms with Gasteiger partial charge in [-0.25, -0.2) is 0 Å². The fourth-order valence-corrected chi connectivity index (χ4v) is 2.21. The second kappa shape index (κ2) is 6.70. The zero-order valence-corrected chi connectivity index (χ0v) is 12.7. The Hall–Kier alpha value is -3.21. The van der Waals surface area contributed by atoms with Gasteiger partial charge in [-0.3, -0.25) is 14.9 Å². The van der Waals surface area contributed by atoms with Crippen molar-refractivity contribution in [1.82, 2.24) is 15.2 Å². The zero-order valence-electron chi connectivity index (χ0n) is 12.7. The molecule has 3 rings (SSSR count). The lowest BCUT2D eigenvalue weighted by Gasteiger charge is -2.01. The number of benzene rings is 1. The summed E-state index contributed by atoms with van der Waals surface area (Å²) in [5.41, 5.74) is 3.71. The minimum absolute atomic E-state index is 0.218. The van der Waals surface area contributed by atoms with E-state index in [4.69, 9.17) is 0 Å². The number of amides is 1. The van der Waals surface area contributed by atoms with E-state index in [2.05, 4.69) is 20.5 Å². The quantitative estimate of drug-likeness (QED) is 0.725. The number of aromatic amines is 1. The number of hydrogen-bond donors (Lipinski definition) is 2. The highest BCUT2D eigenvalue weighted by Gasteiger charge is 2.11. The number of rotatable bonds is 4. The van der Waals surface area contributed by atoms with Crippen molar-refractivity contribution in [2.45, 2.75) is 6.92 Å². The lowest BCUT2D eigenvalue weighted by Crippen LogP contribution is -2.09. The number of hydrogen-bond acceptors (Lipinski definition) is 3. The van der Waals surface area contributed by atoms with Crippen LogP contribution < -0.4 is 5.32 Å². The summed E-state index contributed by atoms with van der Waals surface area (Å²) in [6, 6.07) is 13.4. The van der Waals surface area contributed by atoms with Gasteiger partial charge >= 0.3 is 0 Å². The maximum Gasteiger partial charge on any atom is 0.249 e. The first-order chi connectivity index (χ1) is 11.2. The first-order valence-electron chi connectivity index (χ1n) is 7.23. The highest BCUT2D eigenvalue weighted by atomic mass is 16.1. The summed E-state index contributed by atoms with van der Waals surface area (Å²) >= 11 is 0. The predicted molar refractivity (Wildman–Crippen MR) is 90.7 cm³/mol. The molecule has 0 atom stereocenters. The van der Waals surface area contributed by atoms with E-state index < -0.39 is 0 Å². The molecule has 0 bridgehead atoms. The molecule has 0 unspecified atom stereocenters. The molecule has 1 amide bonds. The van der Waals surface area contributed by atoms with Crippen molar-refractivity contribution in [3.63, 3.8) is 0 Å². The molecule has 0 spiro atoms. The summed E-state index contributed by atoms with van der Waals surface area (Å²) < 4.78 is 0. The van der Waals surface area contributed by atoms with Gasteiger partial charge in [0.15, 0.2) is 5.82 Å². The standard InChI is InChI=1S/C18H16N4O/c1-13-17(15-9-11-19-12-10-15)21-22-18(13)20-16(23)8-7-14-5-3-2-4-6-14/h2-12H,1H3,(H2,20,21,22,23)/b8-7-. The van der Waals surface area contributed by atoms with Crippen LogP contribution >= 0.6 is 0 Å². The van der Waals surface area contributed by atoms with E-state index in [9.17, 15) is 4.79 Å². The van der Waals surface area contributed by atoms with Crippen LogP contribution in [0.25, 0.3) is 17.3 Å². The molecule has 2 aromatic heterocycles. The monoisotopic (exact) mass is 304 g/mol. The first-order valence-corrected chi connectivity index (χ1v) is 7.23. The molecule has 2 heterocycles. The van der Waals surface area contributed by atoms with E-state index in [0.29, 0.717) is 5.82 Å². The van der Waals surface area contributed by atoms with Crippen LogP contribution in [0, 0.1) is 6.92 Å². The molecule has 5 heteroatoms. The van der Waals surface area contributed by atoms with Crippen LogP contribution in [0.15, 0.2) is 60.9 Å². The number of carbonyl (C=O) groups excluding carboxylic acids is 1. The number of anilines is 1. The van der Waals surface area contributed by atoms with Crippen molar-refractivity contribution >= 4 is 17.8 Å². The SMILES string of the molecule is Cc1c(NC(=O)/C=C\c2ccccc2)n[nH]c1-c1ccncc1. The number of pyridine rings is 1. The molecule has 0 fully saturated rings. The van der Waals surface area contributed by atoms with Gasteiger partial charge < -0.3 is 5.32 Å². The van der Waals surface area contributed by atoms with Gasteiger partial charge in [0.1, 0.15) is 0 Å². The van der Waals surface area contributed by atoms with E-state index in [1.54, 1.807) is 18.5 Å². The van der Waals surface area contributed by atoms with E-state index in [0.717, 1.165) is 22.4 Å². The third-order valence-electron chi connectivity index (χ3n) is 3.45. The summed E-state index contributed by atoms with van der Waals surface area (Å²) in [5.74, 6) is 0.309. The number of H-pyrrole nitrogens is 1. The fraction of sp³-hybridized carbons (Fsp3) is 0.0556. The molecule has 2 N–H and O–H groups in total. The summed E-state index contributed by atoms with van der Waals surface area (Å²) in [6.45, 7) is 1.91. The van der Waals surface area contributed by atoms with Crippen molar-refractivity contribution in [3.8, 4) is 11.3 Å². The first kappa shape index (κ1) is 14.7. The Morgan fingerprint density at radius 1 is 1.13 bits per heavy atom. The van der Waals surface area contributed by atoms with Crippen LogP contribution in [-0.2, 0) is 4.79 Å². The van der Waals surface area contributed by atoms with Gasteiger partial charge in [0.25, 0.3) is 0 Å². The Morgan fingerprint density at radius 2 is 1.87 bits per heavy atom. The fourth-order valence-electron chi connectivity index (χ4n) is 2.21. The molecule has 0 aliphatic carbocycles. The van der Waals surface area contributed by atoms with Crippen molar-refractivity contribution in [2.75, 3.05) is 5.32 Å². The Labute approximate surface area is 134 Å². The average Bonchev–Trinajstić information content (AvgIpc) is 2.95. The molecule has 3 aromatic rings. The molecule has 0 radical (unpaired) electrons. The third-order valence-corrected chi connectivity index (χ3v) is 3.45. The number of carbonyl (C=O) groups is 1. The Bertz CT molecular complexity index is 823. The highest BCUT2D eigenvalue weighted by molar-refractivity contribution is 6.02. The van der Waals surface area contributed by atoms with Crippen LogP contribution in [0.3, 0.4) is 0 Å². The van der Waals surface area contributed by atoms with Crippen LogP contribution in [0.5, 0.6) is 0 Å².